The highest BCUT2D eigenvalue weighted by molar-refractivity contribution is 5.72. The molecule has 3 nitrogen and oxygen atoms in total. The minimum absolute atomic E-state index is 0.167. The summed E-state index contributed by atoms with van der Waals surface area (Å²) in [4.78, 5) is 9.44. The van der Waals surface area contributed by atoms with Gasteiger partial charge in [-0.2, -0.15) is 10.5 Å². The molecule has 0 aliphatic carbocycles. The number of nitrogens with zero attached hydrogens (tertiary/aromatic N) is 2. The van der Waals surface area contributed by atoms with Crippen molar-refractivity contribution in [1.29, 1.82) is 10.5 Å². The van der Waals surface area contributed by atoms with Gasteiger partial charge in [0, 0.05) is 13.8 Å². The van der Waals surface area contributed by atoms with E-state index < -0.39 is 0 Å². The first kappa shape index (κ1) is 15.9. The van der Waals surface area contributed by atoms with Crippen molar-refractivity contribution < 1.29 is 4.79 Å². The third-order valence-electron chi connectivity index (χ3n) is 0. The lowest BCUT2D eigenvalue weighted by atomic mass is 10.6. The van der Waals surface area contributed by atoms with Crippen LogP contribution >= 0.6 is 0 Å². The number of nitriles is 2. The predicted octanol–water partition coefficient (Wildman–Crippen LogP) is 1.66. The van der Waals surface area contributed by atoms with Crippen molar-refractivity contribution in [2.24, 2.45) is 0 Å². The largest absolute Gasteiger partial charge is 0.300 e. The SMILES string of the molecule is CC#N.CC#N.CC(C)=O. The summed E-state index contributed by atoms with van der Waals surface area (Å²) in [6, 6.07) is 3.50. The topological polar surface area (TPSA) is 64.7 Å². The third kappa shape index (κ3) is 116. The average Bonchev–Trinajstić information content (AvgIpc) is 1.65. The summed E-state index contributed by atoms with van der Waals surface area (Å²) in [5.74, 6) is 0.167. The quantitative estimate of drug-likeness (QED) is 0.514. The molecule has 0 bridgehead atoms. The molecule has 56 valence electrons. The van der Waals surface area contributed by atoms with Gasteiger partial charge in [-0.05, 0) is 13.8 Å². The normalized spacial score (nSPS) is 4.20. The van der Waals surface area contributed by atoms with Gasteiger partial charge in [0.05, 0.1) is 12.1 Å². The van der Waals surface area contributed by atoms with Crippen LogP contribution in [0.1, 0.15) is 27.7 Å². The fourth-order valence-corrected chi connectivity index (χ4v) is 0. The van der Waals surface area contributed by atoms with Crippen LogP contribution in [0.5, 0.6) is 0 Å². The first-order chi connectivity index (χ1) is 4.56. The summed E-state index contributed by atoms with van der Waals surface area (Å²) >= 11 is 0. The standard InChI is InChI=1S/C3H6O.2C2H3N/c1-3(2)4;2*1-2-3/h1-2H3;2*1H3. The van der Waals surface area contributed by atoms with Crippen LogP contribution in [-0.2, 0) is 4.79 Å². The monoisotopic (exact) mass is 140 g/mol. The summed E-state index contributed by atoms with van der Waals surface area (Å²) < 4.78 is 0. The van der Waals surface area contributed by atoms with Crippen LogP contribution in [0.25, 0.3) is 0 Å². The van der Waals surface area contributed by atoms with Gasteiger partial charge in [-0.15, -0.1) is 0 Å². The molecular formula is C7H12N2O. The Hall–Kier alpha value is -1.35. The number of rotatable bonds is 0. The van der Waals surface area contributed by atoms with Crippen LogP contribution in [0.15, 0.2) is 0 Å². The molecule has 0 unspecified atom stereocenters. The van der Waals surface area contributed by atoms with Crippen LogP contribution in [0.3, 0.4) is 0 Å². The van der Waals surface area contributed by atoms with Crippen molar-refractivity contribution in [1.82, 2.24) is 0 Å². The van der Waals surface area contributed by atoms with Crippen molar-refractivity contribution in [2.75, 3.05) is 0 Å². The molecule has 0 saturated heterocycles. The van der Waals surface area contributed by atoms with E-state index in [1.165, 1.54) is 27.7 Å². The maximum atomic E-state index is 9.44. The average molecular weight is 140 g/mol. The highest BCUT2D eigenvalue weighted by Crippen LogP contribution is 1.50. The van der Waals surface area contributed by atoms with Crippen molar-refractivity contribution in [3.63, 3.8) is 0 Å². The molecule has 0 aromatic carbocycles. The maximum Gasteiger partial charge on any atom is 0.126 e. The van der Waals surface area contributed by atoms with E-state index in [4.69, 9.17) is 10.5 Å². The number of hydrogen-bond acceptors (Lipinski definition) is 3. The van der Waals surface area contributed by atoms with Gasteiger partial charge in [0.25, 0.3) is 0 Å². The summed E-state index contributed by atoms with van der Waals surface area (Å²) in [6.07, 6.45) is 0. The van der Waals surface area contributed by atoms with Crippen molar-refractivity contribution in [3.8, 4) is 12.1 Å². The van der Waals surface area contributed by atoms with Gasteiger partial charge in [0.2, 0.25) is 0 Å². The third-order valence-corrected chi connectivity index (χ3v) is 0. The number of Topliss-reactive ketones (excluding diaryl/α,β-unsaturated/α-hetero) is 1. The fourth-order valence-electron chi connectivity index (χ4n) is 0. The number of hydrogen-bond donors (Lipinski definition) is 0. The Labute approximate surface area is 61.9 Å². The fraction of sp³-hybridized carbons (Fsp3) is 0.571. The molecule has 0 aromatic rings. The zero-order chi connectivity index (χ0) is 8.99. The zero-order valence-corrected chi connectivity index (χ0v) is 6.80. The number of ketones is 1. The van der Waals surface area contributed by atoms with E-state index in [0.29, 0.717) is 0 Å². The molecule has 0 aliphatic heterocycles. The Bertz CT molecular complexity index is 123. The van der Waals surface area contributed by atoms with Crippen LogP contribution in [0, 0.1) is 22.7 Å². The lowest BCUT2D eigenvalue weighted by molar-refractivity contribution is -0.114. The second-order valence-electron chi connectivity index (χ2n) is 1.36. The molecule has 0 aromatic heterocycles. The second kappa shape index (κ2) is 25.4. The Morgan fingerprint density at radius 1 is 1.10 bits per heavy atom. The Morgan fingerprint density at radius 3 is 1.10 bits per heavy atom. The van der Waals surface area contributed by atoms with Gasteiger partial charge >= 0.3 is 0 Å². The number of carbonyl (C=O) groups is 1. The molecule has 0 N–H and O–H groups in total. The highest BCUT2D eigenvalue weighted by Gasteiger charge is 1.62. The van der Waals surface area contributed by atoms with Gasteiger partial charge in [0.1, 0.15) is 5.78 Å². The van der Waals surface area contributed by atoms with Crippen molar-refractivity contribution >= 4 is 5.78 Å². The van der Waals surface area contributed by atoms with E-state index in [2.05, 4.69) is 0 Å². The molecule has 0 fully saturated rings. The van der Waals surface area contributed by atoms with E-state index >= 15 is 0 Å². The van der Waals surface area contributed by atoms with E-state index in [-0.39, 0.29) is 5.78 Å². The molecule has 0 spiro atoms. The first-order valence-electron chi connectivity index (χ1n) is 2.65. The van der Waals surface area contributed by atoms with Crippen LogP contribution in [-0.4, -0.2) is 5.78 Å². The molecule has 0 heterocycles. The van der Waals surface area contributed by atoms with Crippen molar-refractivity contribution in [2.45, 2.75) is 27.7 Å². The molecule has 3 heteroatoms. The molecular weight excluding hydrogens is 128 g/mol. The van der Waals surface area contributed by atoms with E-state index in [9.17, 15) is 4.79 Å². The van der Waals surface area contributed by atoms with E-state index in [1.807, 2.05) is 0 Å². The van der Waals surface area contributed by atoms with Crippen LogP contribution in [0.2, 0.25) is 0 Å². The number of carbonyl (C=O) groups excluding carboxylic acids is 1. The first-order valence-corrected chi connectivity index (χ1v) is 2.65. The molecule has 0 rings (SSSR count). The Morgan fingerprint density at radius 2 is 1.10 bits per heavy atom. The highest BCUT2D eigenvalue weighted by atomic mass is 16.1. The van der Waals surface area contributed by atoms with Crippen LogP contribution < -0.4 is 0 Å². The molecule has 0 radical (unpaired) electrons. The molecule has 0 atom stereocenters. The minimum Gasteiger partial charge on any atom is -0.300 e. The summed E-state index contributed by atoms with van der Waals surface area (Å²) in [5, 5.41) is 14.6. The smallest absolute Gasteiger partial charge is 0.126 e. The summed E-state index contributed by atoms with van der Waals surface area (Å²) in [7, 11) is 0. The molecule has 10 heavy (non-hydrogen) atoms. The van der Waals surface area contributed by atoms with Gasteiger partial charge in [0.15, 0.2) is 0 Å². The van der Waals surface area contributed by atoms with Gasteiger partial charge in [-0.3, -0.25) is 0 Å². The summed E-state index contributed by atoms with van der Waals surface area (Å²) in [6.45, 7) is 5.92. The Balaban J connectivity index is -0.0000000750. The lowest BCUT2D eigenvalue weighted by Gasteiger charge is -1.56. The minimum atomic E-state index is 0.167. The molecule has 0 aliphatic rings. The summed E-state index contributed by atoms with van der Waals surface area (Å²) in [5.41, 5.74) is 0. The maximum absolute atomic E-state index is 9.44. The van der Waals surface area contributed by atoms with E-state index in [1.54, 1.807) is 12.1 Å². The van der Waals surface area contributed by atoms with E-state index in [0.717, 1.165) is 0 Å². The van der Waals surface area contributed by atoms with Gasteiger partial charge in [-0.25, -0.2) is 0 Å². The van der Waals surface area contributed by atoms with Crippen molar-refractivity contribution in [3.05, 3.63) is 0 Å². The zero-order valence-electron chi connectivity index (χ0n) is 6.80. The molecule has 0 saturated carbocycles. The molecule has 0 amide bonds. The van der Waals surface area contributed by atoms with Gasteiger partial charge in [-0.1, -0.05) is 0 Å². The van der Waals surface area contributed by atoms with Gasteiger partial charge < -0.3 is 4.79 Å². The second-order valence-corrected chi connectivity index (χ2v) is 1.36. The lowest BCUT2D eigenvalue weighted by Crippen LogP contribution is -1.69. The Kier molecular flexibility index (Phi) is 40.3. The predicted molar refractivity (Wildman–Crippen MR) is 38.9 cm³/mol. The van der Waals surface area contributed by atoms with Crippen LogP contribution in [0.4, 0.5) is 0 Å².